The average molecular weight is 310 g/mol. The van der Waals surface area contributed by atoms with Crippen molar-refractivity contribution in [3.8, 4) is 0 Å². The molecule has 1 aromatic rings. The maximum Gasteiger partial charge on any atom is 0.325 e. The van der Waals surface area contributed by atoms with E-state index in [1.807, 2.05) is 20.8 Å². The predicted octanol–water partition coefficient (Wildman–Crippen LogP) is 0.849. The van der Waals surface area contributed by atoms with Crippen LogP contribution in [0.15, 0.2) is 12.3 Å². The number of aromatic nitrogens is 2. The van der Waals surface area contributed by atoms with Crippen LogP contribution in [0.25, 0.3) is 0 Å². The van der Waals surface area contributed by atoms with Gasteiger partial charge in [0.05, 0.1) is 0 Å². The van der Waals surface area contributed by atoms with Crippen molar-refractivity contribution in [2.45, 2.75) is 40.2 Å². The van der Waals surface area contributed by atoms with Gasteiger partial charge < -0.3 is 15.7 Å². The number of amides is 2. The topological polar surface area (TPSA) is 113 Å². The van der Waals surface area contributed by atoms with E-state index in [4.69, 9.17) is 5.11 Å². The van der Waals surface area contributed by atoms with Crippen LogP contribution in [-0.4, -0.2) is 39.2 Å². The fourth-order valence-corrected chi connectivity index (χ4v) is 1.58. The van der Waals surface area contributed by atoms with E-state index in [1.165, 1.54) is 16.9 Å². The lowest BCUT2D eigenvalue weighted by Gasteiger charge is -2.17. The van der Waals surface area contributed by atoms with Crippen molar-refractivity contribution in [3.63, 3.8) is 0 Å². The van der Waals surface area contributed by atoms with Gasteiger partial charge in [-0.1, -0.05) is 20.8 Å². The van der Waals surface area contributed by atoms with Crippen LogP contribution in [0.4, 0.5) is 5.82 Å². The molecule has 0 aliphatic carbocycles. The summed E-state index contributed by atoms with van der Waals surface area (Å²) in [5.74, 6) is -0.980. The Morgan fingerprint density at radius 3 is 2.59 bits per heavy atom. The van der Waals surface area contributed by atoms with Crippen molar-refractivity contribution in [1.29, 1.82) is 0 Å². The number of aliphatic carboxylic acids is 1. The minimum absolute atomic E-state index is 0.0553. The number of carbonyl (C=O) groups is 3. The number of nitrogens with one attached hydrogen (secondary N) is 2. The molecule has 0 aromatic carbocycles. The molecule has 0 saturated heterocycles. The number of carboxylic acid groups (broad SMARTS) is 1. The molecule has 2 amide bonds. The monoisotopic (exact) mass is 310 g/mol. The molecule has 0 saturated carbocycles. The van der Waals surface area contributed by atoms with Crippen molar-refractivity contribution < 1.29 is 19.5 Å². The first kappa shape index (κ1) is 17.7. The Morgan fingerprint density at radius 1 is 1.32 bits per heavy atom. The van der Waals surface area contributed by atoms with E-state index in [0.717, 1.165) is 0 Å². The van der Waals surface area contributed by atoms with E-state index < -0.39 is 11.4 Å². The number of rotatable bonds is 7. The van der Waals surface area contributed by atoms with E-state index >= 15 is 0 Å². The highest BCUT2D eigenvalue weighted by Crippen LogP contribution is 2.12. The third-order valence-electron chi connectivity index (χ3n) is 2.75. The molecule has 1 heterocycles. The Balaban J connectivity index is 2.28. The van der Waals surface area contributed by atoms with Gasteiger partial charge in [-0.25, -0.2) is 0 Å². The molecule has 8 nitrogen and oxygen atoms in total. The fourth-order valence-electron chi connectivity index (χ4n) is 1.58. The van der Waals surface area contributed by atoms with E-state index in [0.29, 0.717) is 18.8 Å². The molecule has 8 heteroatoms. The molecule has 122 valence electrons. The van der Waals surface area contributed by atoms with E-state index in [2.05, 4.69) is 15.7 Å². The first-order chi connectivity index (χ1) is 10.2. The highest BCUT2D eigenvalue weighted by molar-refractivity contribution is 5.89. The van der Waals surface area contributed by atoms with Crippen LogP contribution in [0, 0.1) is 5.41 Å². The lowest BCUT2D eigenvalue weighted by atomic mass is 9.96. The molecule has 3 N–H and O–H groups in total. The van der Waals surface area contributed by atoms with Gasteiger partial charge in [0.25, 0.3) is 0 Å². The maximum atomic E-state index is 11.7. The first-order valence-electron chi connectivity index (χ1n) is 7.02. The minimum atomic E-state index is -1.00. The number of hydrogen-bond acceptors (Lipinski definition) is 4. The standard InChI is InChI=1S/C14H22N4O4/c1-14(2,3)13(22)15-7-4-5-11(19)16-10-6-8-18(17-10)9-12(20)21/h6,8H,4-5,7,9H2,1-3H3,(H,15,22)(H,20,21)(H,16,17,19). The SMILES string of the molecule is CC(C)(C)C(=O)NCCCC(=O)Nc1ccn(CC(=O)O)n1. The highest BCUT2D eigenvalue weighted by Gasteiger charge is 2.20. The van der Waals surface area contributed by atoms with Crippen molar-refractivity contribution >= 4 is 23.6 Å². The zero-order valence-electron chi connectivity index (χ0n) is 13.0. The second-order valence-electron chi connectivity index (χ2n) is 5.95. The van der Waals surface area contributed by atoms with Gasteiger partial charge in [0.1, 0.15) is 6.54 Å². The lowest BCUT2D eigenvalue weighted by molar-refractivity contribution is -0.138. The zero-order valence-corrected chi connectivity index (χ0v) is 13.0. The third-order valence-corrected chi connectivity index (χ3v) is 2.75. The summed E-state index contributed by atoms with van der Waals surface area (Å²) in [4.78, 5) is 33.8. The summed E-state index contributed by atoms with van der Waals surface area (Å²) in [6.45, 7) is 5.64. The number of carboxylic acids is 1. The summed E-state index contributed by atoms with van der Waals surface area (Å²) in [6, 6.07) is 1.53. The summed E-state index contributed by atoms with van der Waals surface area (Å²) >= 11 is 0. The van der Waals surface area contributed by atoms with Gasteiger partial charge in [-0.2, -0.15) is 5.10 Å². The Labute approximate surface area is 128 Å². The van der Waals surface area contributed by atoms with Crippen LogP contribution in [0.2, 0.25) is 0 Å². The van der Waals surface area contributed by atoms with Gasteiger partial charge in [0.2, 0.25) is 11.8 Å². The Morgan fingerprint density at radius 2 is 2.00 bits per heavy atom. The van der Waals surface area contributed by atoms with Crippen molar-refractivity contribution in [3.05, 3.63) is 12.3 Å². The first-order valence-corrected chi connectivity index (χ1v) is 7.02. The normalized spacial score (nSPS) is 11.0. The summed E-state index contributed by atoms with van der Waals surface area (Å²) < 4.78 is 1.22. The van der Waals surface area contributed by atoms with Crippen LogP contribution in [0.5, 0.6) is 0 Å². The maximum absolute atomic E-state index is 11.7. The quantitative estimate of drug-likeness (QED) is 0.646. The predicted molar refractivity (Wildman–Crippen MR) is 80.2 cm³/mol. The van der Waals surface area contributed by atoms with Crippen LogP contribution in [0.1, 0.15) is 33.6 Å². The summed E-state index contributed by atoms with van der Waals surface area (Å²) in [5.41, 5.74) is -0.445. The summed E-state index contributed by atoms with van der Waals surface area (Å²) in [7, 11) is 0. The van der Waals surface area contributed by atoms with Crippen LogP contribution < -0.4 is 10.6 Å². The Kier molecular flexibility index (Phi) is 6.09. The molecule has 0 aliphatic rings. The molecule has 0 aliphatic heterocycles. The van der Waals surface area contributed by atoms with Crippen LogP contribution in [-0.2, 0) is 20.9 Å². The average Bonchev–Trinajstić information content (AvgIpc) is 2.79. The number of anilines is 1. The molecule has 0 atom stereocenters. The fraction of sp³-hybridized carbons (Fsp3) is 0.571. The number of nitrogens with zero attached hydrogens (tertiary/aromatic N) is 2. The van der Waals surface area contributed by atoms with Gasteiger partial charge in [0, 0.05) is 30.6 Å². The van der Waals surface area contributed by atoms with Gasteiger partial charge in [-0.15, -0.1) is 0 Å². The second-order valence-corrected chi connectivity index (χ2v) is 5.95. The van der Waals surface area contributed by atoms with E-state index in [1.54, 1.807) is 0 Å². The van der Waals surface area contributed by atoms with Gasteiger partial charge in [-0.3, -0.25) is 19.1 Å². The molecule has 0 fully saturated rings. The van der Waals surface area contributed by atoms with Gasteiger partial charge >= 0.3 is 5.97 Å². The number of carbonyl (C=O) groups excluding carboxylic acids is 2. The van der Waals surface area contributed by atoms with Crippen molar-refractivity contribution in [2.75, 3.05) is 11.9 Å². The zero-order chi connectivity index (χ0) is 16.8. The molecule has 0 radical (unpaired) electrons. The van der Waals surface area contributed by atoms with E-state index in [-0.39, 0.29) is 24.8 Å². The smallest absolute Gasteiger partial charge is 0.325 e. The number of hydrogen-bond donors (Lipinski definition) is 3. The molecule has 1 aromatic heterocycles. The Bertz CT molecular complexity index is 545. The van der Waals surface area contributed by atoms with Crippen LogP contribution >= 0.6 is 0 Å². The molecular formula is C14H22N4O4. The Hall–Kier alpha value is -2.38. The molecule has 1 rings (SSSR count). The second kappa shape index (κ2) is 7.58. The lowest BCUT2D eigenvalue weighted by Crippen LogP contribution is -2.35. The van der Waals surface area contributed by atoms with Crippen molar-refractivity contribution in [2.24, 2.45) is 5.41 Å². The van der Waals surface area contributed by atoms with Gasteiger partial charge in [0.15, 0.2) is 5.82 Å². The van der Waals surface area contributed by atoms with Crippen LogP contribution in [0.3, 0.4) is 0 Å². The minimum Gasteiger partial charge on any atom is -0.480 e. The molecular weight excluding hydrogens is 288 g/mol. The van der Waals surface area contributed by atoms with E-state index in [9.17, 15) is 14.4 Å². The summed E-state index contributed by atoms with van der Waals surface area (Å²) in [5, 5.41) is 17.9. The van der Waals surface area contributed by atoms with Gasteiger partial charge in [-0.05, 0) is 6.42 Å². The summed E-state index contributed by atoms with van der Waals surface area (Å²) in [6.07, 6.45) is 2.24. The largest absolute Gasteiger partial charge is 0.480 e. The highest BCUT2D eigenvalue weighted by atomic mass is 16.4. The molecule has 0 bridgehead atoms. The molecule has 0 unspecified atom stereocenters. The van der Waals surface area contributed by atoms with Crippen molar-refractivity contribution in [1.82, 2.24) is 15.1 Å². The molecule has 0 spiro atoms. The molecule has 22 heavy (non-hydrogen) atoms. The third kappa shape index (κ3) is 6.38.